The quantitative estimate of drug-likeness (QED) is 0.699. The fourth-order valence-electron chi connectivity index (χ4n) is 0.920. The zero-order valence-electron chi connectivity index (χ0n) is 7.99. The van der Waals surface area contributed by atoms with E-state index in [2.05, 4.69) is 15.3 Å². The van der Waals surface area contributed by atoms with Crippen molar-refractivity contribution in [3.63, 3.8) is 0 Å². The zero-order valence-corrected chi connectivity index (χ0v) is 7.99. The number of aromatic nitrogens is 2. The molecular weight excluding hydrogens is 166 g/mol. The Bertz CT molecular complexity index is 246. The van der Waals surface area contributed by atoms with Crippen molar-refractivity contribution in [2.24, 2.45) is 0 Å². The van der Waals surface area contributed by atoms with Crippen molar-refractivity contribution < 1.29 is 5.11 Å². The van der Waals surface area contributed by atoms with E-state index in [1.54, 1.807) is 19.3 Å². The minimum Gasteiger partial charge on any atom is -0.392 e. The summed E-state index contributed by atoms with van der Waals surface area (Å²) < 4.78 is 0. The number of aryl methyl sites for hydroxylation is 1. The van der Waals surface area contributed by atoms with E-state index >= 15 is 0 Å². The van der Waals surface area contributed by atoms with Gasteiger partial charge in [0, 0.05) is 25.5 Å². The van der Waals surface area contributed by atoms with Gasteiger partial charge in [-0.25, -0.2) is 0 Å². The smallest absolute Gasteiger partial charge is 0.0724 e. The summed E-state index contributed by atoms with van der Waals surface area (Å²) in [5.41, 5.74) is 1.81. The Morgan fingerprint density at radius 1 is 1.46 bits per heavy atom. The molecule has 4 nitrogen and oxygen atoms in total. The van der Waals surface area contributed by atoms with Crippen molar-refractivity contribution in [1.29, 1.82) is 0 Å². The zero-order chi connectivity index (χ0) is 9.68. The van der Waals surface area contributed by atoms with E-state index in [9.17, 15) is 0 Å². The SMILES string of the molecule is Cc1cnc(CNCC(C)O)cn1. The maximum Gasteiger partial charge on any atom is 0.0724 e. The second-order valence-corrected chi connectivity index (χ2v) is 3.13. The first kappa shape index (κ1) is 10.1. The Balaban J connectivity index is 2.33. The van der Waals surface area contributed by atoms with Crippen LogP contribution in [0.4, 0.5) is 0 Å². The average Bonchev–Trinajstić information content (AvgIpc) is 2.08. The van der Waals surface area contributed by atoms with Crippen LogP contribution in [0.5, 0.6) is 0 Å². The Kier molecular flexibility index (Phi) is 3.79. The third-order valence-corrected chi connectivity index (χ3v) is 1.58. The van der Waals surface area contributed by atoms with Gasteiger partial charge in [0.2, 0.25) is 0 Å². The summed E-state index contributed by atoms with van der Waals surface area (Å²) in [6.45, 7) is 4.88. The van der Waals surface area contributed by atoms with Gasteiger partial charge in [-0.05, 0) is 13.8 Å². The van der Waals surface area contributed by atoms with Crippen molar-refractivity contribution in [2.75, 3.05) is 6.54 Å². The lowest BCUT2D eigenvalue weighted by atomic mass is 10.3. The molecule has 1 aromatic rings. The minimum atomic E-state index is -0.321. The summed E-state index contributed by atoms with van der Waals surface area (Å²) in [5, 5.41) is 12.0. The van der Waals surface area contributed by atoms with Gasteiger partial charge in [0.15, 0.2) is 0 Å². The van der Waals surface area contributed by atoms with E-state index in [-0.39, 0.29) is 6.10 Å². The van der Waals surface area contributed by atoms with Crippen molar-refractivity contribution in [2.45, 2.75) is 26.5 Å². The summed E-state index contributed by atoms with van der Waals surface area (Å²) in [6, 6.07) is 0. The standard InChI is InChI=1S/C9H15N3O/c1-7-3-12-9(6-11-7)5-10-4-8(2)13/h3,6,8,10,13H,4-5H2,1-2H3. The molecule has 0 radical (unpaired) electrons. The number of rotatable bonds is 4. The Morgan fingerprint density at radius 3 is 2.77 bits per heavy atom. The molecule has 0 amide bonds. The van der Waals surface area contributed by atoms with Crippen LogP contribution in [0.3, 0.4) is 0 Å². The van der Waals surface area contributed by atoms with Gasteiger partial charge in [-0.2, -0.15) is 0 Å². The molecule has 0 saturated heterocycles. The first-order valence-electron chi connectivity index (χ1n) is 4.35. The van der Waals surface area contributed by atoms with E-state index in [4.69, 9.17) is 5.11 Å². The first-order valence-corrected chi connectivity index (χ1v) is 4.35. The molecule has 0 saturated carbocycles. The number of hydrogen-bond acceptors (Lipinski definition) is 4. The maximum atomic E-state index is 8.98. The summed E-state index contributed by atoms with van der Waals surface area (Å²) >= 11 is 0. The average molecular weight is 181 g/mol. The molecule has 0 aliphatic rings. The van der Waals surface area contributed by atoms with Crippen LogP contribution in [0, 0.1) is 6.92 Å². The molecule has 1 unspecified atom stereocenters. The Morgan fingerprint density at radius 2 is 2.23 bits per heavy atom. The molecule has 0 aliphatic heterocycles. The van der Waals surface area contributed by atoms with Crippen LogP contribution in [-0.4, -0.2) is 27.7 Å². The van der Waals surface area contributed by atoms with Crippen LogP contribution in [-0.2, 0) is 6.54 Å². The van der Waals surface area contributed by atoms with E-state index in [0.29, 0.717) is 13.1 Å². The molecule has 1 aromatic heterocycles. The van der Waals surface area contributed by atoms with E-state index in [1.165, 1.54) is 0 Å². The normalized spacial score (nSPS) is 12.8. The van der Waals surface area contributed by atoms with E-state index in [1.807, 2.05) is 6.92 Å². The van der Waals surface area contributed by atoms with Crippen LogP contribution >= 0.6 is 0 Å². The minimum absolute atomic E-state index is 0.321. The first-order chi connectivity index (χ1) is 6.18. The molecule has 0 aliphatic carbocycles. The molecular formula is C9H15N3O. The Labute approximate surface area is 78.0 Å². The number of aliphatic hydroxyl groups excluding tert-OH is 1. The highest BCUT2D eigenvalue weighted by Crippen LogP contribution is 1.93. The molecule has 1 rings (SSSR count). The second-order valence-electron chi connectivity index (χ2n) is 3.13. The summed E-state index contributed by atoms with van der Waals surface area (Å²) in [4.78, 5) is 8.28. The van der Waals surface area contributed by atoms with Gasteiger partial charge < -0.3 is 10.4 Å². The summed E-state index contributed by atoms with van der Waals surface area (Å²) in [7, 11) is 0. The summed E-state index contributed by atoms with van der Waals surface area (Å²) in [6.07, 6.45) is 3.16. The van der Waals surface area contributed by atoms with Crippen molar-refractivity contribution in [3.05, 3.63) is 23.8 Å². The second kappa shape index (κ2) is 4.89. The molecule has 4 heteroatoms. The Hall–Kier alpha value is -1.00. The van der Waals surface area contributed by atoms with Gasteiger partial charge in [-0.15, -0.1) is 0 Å². The van der Waals surface area contributed by atoms with E-state index in [0.717, 1.165) is 11.4 Å². The van der Waals surface area contributed by atoms with Crippen LogP contribution in [0.2, 0.25) is 0 Å². The topological polar surface area (TPSA) is 58.0 Å². The van der Waals surface area contributed by atoms with Gasteiger partial charge in [0.25, 0.3) is 0 Å². The van der Waals surface area contributed by atoms with Gasteiger partial charge >= 0.3 is 0 Å². The highest BCUT2D eigenvalue weighted by atomic mass is 16.3. The van der Waals surface area contributed by atoms with Gasteiger partial charge in [0.1, 0.15) is 0 Å². The van der Waals surface area contributed by atoms with Crippen molar-refractivity contribution in [1.82, 2.24) is 15.3 Å². The monoisotopic (exact) mass is 181 g/mol. The molecule has 72 valence electrons. The van der Waals surface area contributed by atoms with Crippen LogP contribution in [0.15, 0.2) is 12.4 Å². The lowest BCUT2D eigenvalue weighted by molar-refractivity contribution is 0.191. The number of nitrogens with one attached hydrogen (secondary N) is 1. The molecule has 1 atom stereocenters. The molecule has 0 bridgehead atoms. The molecule has 0 aromatic carbocycles. The van der Waals surface area contributed by atoms with Crippen molar-refractivity contribution in [3.8, 4) is 0 Å². The molecule has 2 N–H and O–H groups in total. The lowest BCUT2D eigenvalue weighted by Gasteiger charge is -2.05. The number of aliphatic hydroxyl groups is 1. The third kappa shape index (κ3) is 3.96. The molecule has 0 spiro atoms. The van der Waals surface area contributed by atoms with Crippen LogP contribution < -0.4 is 5.32 Å². The van der Waals surface area contributed by atoms with Gasteiger partial charge in [-0.3, -0.25) is 9.97 Å². The lowest BCUT2D eigenvalue weighted by Crippen LogP contribution is -2.24. The van der Waals surface area contributed by atoms with E-state index < -0.39 is 0 Å². The van der Waals surface area contributed by atoms with Crippen molar-refractivity contribution >= 4 is 0 Å². The van der Waals surface area contributed by atoms with Gasteiger partial charge in [-0.1, -0.05) is 0 Å². The highest BCUT2D eigenvalue weighted by molar-refractivity contribution is 5.00. The molecule has 13 heavy (non-hydrogen) atoms. The highest BCUT2D eigenvalue weighted by Gasteiger charge is 1.96. The largest absolute Gasteiger partial charge is 0.392 e. The van der Waals surface area contributed by atoms with Crippen LogP contribution in [0.1, 0.15) is 18.3 Å². The van der Waals surface area contributed by atoms with Crippen LogP contribution in [0.25, 0.3) is 0 Å². The molecule has 1 heterocycles. The number of hydrogen-bond donors (Lipinski definition) is 2. The van der Waals surface area contributed by atoms with Gasteiger partial charge in [0.05, 0.1) is 17.5 Å². The molecule has 0 fully saturated rings. The predicted octanol–water partition coefficient (Wildman–Crippen LogP) is 0.255. The fraction of sp³-hybridized carbons (Fsp3) is 0.556. The third-order valence-electron chi connectivity index (χ3n) is 1.58. The predicted molar refractivity (Wildman–Crippen MR) is 50.2 cm³/mol. The number of nitrogens with zero attached hydrogens (tertiary/aromatic N) is 2. The fourth-order valence-corrected chi connectivity index (χ4v) is 0.920. The summed E-state index contributed by atoms with van der Waals surface area (Å²) in [5.74, 6) is 0. The maximum absolute atomic E-state index is 8.98.